The number of carbonyl (C=O) groups is 2. The van der Waals surface area contributed by atoms with Crippen molar-refractivity contribution in [3.63, 3.8) is 0 Å². The largest absolute Gasteiger partial charge is 0.465 e. The molecule has 0 saturated carbocycles. The summed E-state index contributed by atoms with van der Waals surface area (Å²) in [5.74, 6) is -2.15. The van der Waals surface area contributed by atoms with E-state index in [1.807, 2.05) is 49.2 Å². The molecule has 0 aliphatic heterocycles. The molecule has 1 aromatic rings. The topological polar surface area (TPSA) is 55.8 Å². The van der Waals surface area contributed by atoms with Gasteiger partial charge in [-0.3, -0.25) is 9.59 Å². The third-order valence-electron chi connectivity index (χ3n) is 3.41. The molecule has 0 N–H and O–H groups in total. The molecule has 1 aromatic carbocycles. The Balaban J connectivity index is 2.80. The number of benzene rings is 1. The zero-order valence-electron chi connectivity index (χ0n) is 13.7. The summed E-state index contributed by atoms with van der Waals surface area (Å²) in [5, 5.41) is 0. The first kappa shape index (κ1) is 18.0. The Hall–Kier alpha value is -2.04. The van der Waals surface area contributed by atoms with Crippen LogP contribution >= 0.6 is 0 Å². The maximum absolute atomic E-state index is 12.1. The van der Waals surface area contributed by atoms with Crippen molar-refractivity contribution in [2.75, 3.05) is 31.7 Å². The van der Waals surface area contributed by atoms with Gasteiger partial charge in [0.15, 0.2) is 5.92 Å². The average Bonchev–Trinajstić information content (AvgIpc) is 2.48. The molecule has 5 nitrogen and oxygen atoms in total. The van der Waals surface area contributed by atoms with Crippen molar-refractivity contribution in [2.24, 2.45) is 11.8 Å². The van der Waals surface area contributed by atoms with Gasteiger partial charge in [0.05, 0.1) is 13.2 Å². The Kier molecular flexibility index (Phi) is 7.43. The maximum atomic E-state index is 12.1. The Morgan fingerprint density at radius 3 is 2.00 bits per heavy atom. The number of rotatable bonds is 8. The minimum atomic E-state index is -0.897. The molecule has 0 radical (unpaired) electrons. The first-order valence-electron chi connectivity index (χ1n) is 7.60. The van der Waals surface area contributed by atoms with E-state index in [1.54, 1.807) is 13.8 Å². The van der Waals surface area contributed by atoms with Crippen molar-refractivity contribution in [2.45, 2.75) is 20.8 Å². The van der Waals surface area contributed by atoms with Gasteiger partial charge in [0.1, 0.15) is 0 Å². The number of esters is 2. The van der Waals surface area contributed by atoms with E-state index < -0.39 is 17.9 Å². The molecule has 1 unspecified atom stereocenters. The number of para-hydroxylation sites is 1. The highest BCUT2D eigenvalue weighted by Crippen LogP contribution is 2.20. The molecule has 0 bridgehead atoms. The van der Waals surface area contributed by atoms with E-state index in [2.05, 4.69) is 0 Å². The molecule has 0 saturated heterocycles. The molecule has 0 amide bonds. The molecule has 0 spiro atoms. The number of hydrogen-bond donors (Lipinski definition) is 0. The molecule has 0 aliphatic rings. The van der Waals surface area contributed by atoms with E-state index in [1.165, 1.54) is 0 Å². The fraction of sp³-hybridized carbons (Fsp3) is 0.529. The van der Waals surface area contributed by atoms with Crippen LogP contribution in [-0.2, 0) is 19.1 Å². The van der Waals surface area contributed by atoms with Crippen LogP contribution in [0.4, 0.5) is 5.69 Å². The van der Waals surface area contributed by atoms with Gasteiger partial charge in [-0.15, -0.1) is 0 Å². The molecular weight excluding hydrogens is 282 g/mol. The number of ether oxygens (including phenoxy) is 2. The van der Waals surface area contributed by atoms with Crippen molar-refractivity contribution in [3.05, 3.63) is 30.3 Å². The molecule has 0 aromatic heterocycles. The molecule has 22 heavy (non-hydrogen) atoms. The lowest BCUT2D eigenvalue weighted by Gasteiger charge is -2.27. The first-order chi connectivity index (χ1) is 10.5. The molecule has 0 aliphatic carbocycles. The fourth-order valence-corrected chi connectivity index (χ4v) is 2.35. The summed E-state index contributed by atoms with van der Waals surface area (Å²) in [4.78, 5) is 26.2. The molecule has 0 heterocycles. The Morgan fingerprint density at radius 1 is 1.05 bits per heavy atom. The van der Waals surface area contributed by atoms with Crippen LogP contribution < -0.4 is 4.90 Å². The second-order valence-corrected chi connectivity index (χ2v) is 5.18. The minimum Gasteiger partial charge on any atom is -0.465 e. The van der Waals surface area contributed by atoms with Crippen LogP contribution in [0.15, 0.2) is 30.3 Å². The van der Waals surface area contributed by atoms with Gasteiger partial charge in [0.2, 0.25) is 0 Å². The summed E-state index contributed by atoms with van der Waals surface area (Å²) in [7, 11) is 1.93. The zero-order valence-corrected chi connectivity index (χ0v) is 13.7. The number of carbonyl (C=O) groups excluding carboxylic acids is 2. The molecule has 122 valence electrons. The van der Waals surface area contributed by atoms with Crippen LogP contribution in [0.1, 0.15) is 20.8 Å². The highest BCUT2D eigenvalue weighted by atomic mass is 16.6. The second-order valence-electron chi connectivity index (χ2n) is 5.18. The average molecular weight is 307 g/mol. The van der Waals surface area contributed by atoms with E-state index in [4.69, 9.17) is 9.47 Å². The van der Waals surface area contributed by atoms with Crippen LogP contribution in [0.3, 0.4) is 0 Å². The number of hydrogen-bond acceptors (Lipinski definition) is 5. The Labute approximate surface area is 132 Å². The zero-order chi connectivity index (χ0) is 16.5. The molecule has 1 atom stereocenters. The predicted octanol–water partition coefficient (Wildman–Crippen LogP) is 2.50. The van der Waals surface area contributed by atoms with Gasteiger partial charge in [-0.2, -0.15) is 0 Å². The summed E-state index contributed by atoms with van der Waals surface area (Å²) in [6.07, 6.45) is 0. The van der Waals surface area contributed by atoms with Crippen molar-refractivity contribution in [1.82, 2.24) is 0 Å². The second kappa shape index (κ2) is 9.07. The molecule has 5 heteroatoms. The number of nitrogens with zero attached hydrogens (tertiary/aromatic N) is 1. The van der Waals surface area contributed by atoms with Gasteiger partial charge in [-0.25, -0.2) is 0 Å². The van der Waals surface area contributed by atoms with Crippen molar-refractivity contribution < 1.29 is 19.1 Å². The summed E-state index contributed by atoms with van der Waals surface area (Å²) in [6, 6.07) is 9.81. The third-order valence-corrected chi connectivity index (χ3v) is 3.41. The monoisotopic (exact) mass is 307 g/mol. The van der Waals surface area contributed by atoms with Crippen LogP contribution in [-0.4, -0.2) is 38.7 Å². The van der Waals surface area contributed by atoms with E-state index >= 15 is 0 Å². The van der Waals surface area contributed by atoms with Gasteiger partial charge >= 0.3 is 11.9 Å². The molecule has 0 fully saturated rings. The van der Waals surface area contributed by atoms with Crippen molar-refractivity contribution in [3.8, 4) is 0 Å². The highest BCUT2D eigenvalue weighted by Gasteiger charge is 2.35. The van der Waals surface area contributed by atoms with E-state index in [9.17, 15) is 9.59 Å². The quantitative estimate of drug-likeness (QED) is 0.545. The van der Waals surface area contributed by atoms with Crippen LogP contribution in [0.5, 0.6) is 0 Å². The SMILES string of the molecule is CCOC(=O)C(C(=O)OCC)C(C)CN(C)c1ccccc1. The smallest absolute Gasteiger partial charge is 0.320 e. The predicted molar refractivity (Wildman–Crippen MR) is 85.6 cm³/mol. The Bertz CT molecular complexity index is 457. The lowest BCUT2D eigenvalue weighted by atomic mass is 9.93. The summed E-state index contributed by atoms with van der Waals surface area (Å²) in [6.45, 7) is 6.35. The summed E-state index contributed by atoms with van der Waals surface area (Å²) in [5.41, 5.74) is 1.03. The van der Waals surface area contributed by atoms with Crippen molar-refractivity contribution >= 4 is 17.6 Å². The maximum Gasteiger partial charge on any atom is 0.320 e. The van der Waals surface area contributed by atoms with Gasteiger partial charge < -0.3 is 14.4 Å². The third kappa shape index (κ3) is 5.06. The van der Waals surface area contributed by atoms with Crippen LogP contribution in [0, 0.1) is 11.8 Å². The van der Waals surface area contributed by atoms with E-state index in [-0.39, 0.29) is 19.1 Å². The normalized spacial score (nSPS) is 11.9. The van der Waals surface area contributed by atoms with Crippen LogP contribution in [0.2, 0.25) is 0 Å². The first-order valence-corrected chi connectivity index (χ1v) is 7.60. The van der Waals surface area contributed by atoms with E-state index in [0.717, 1.165) is 5.69 Å². The van der Waals surface area contributed by atoms with Crippen molar-refractivity contribution in [1.29, 1.82) is 0 Å². The lowest BCUT2D eigenvalue weighted by molar-refractivity contribution is -0.163. The van der Waals surface area contributed by atoms with Gasteiger partial charge in [-0.05, 0) is 31.9 Å². The van der Waals surface area contributed by atoms with Gasteiger partial charge in [0.25, 0.3) is 0 Å². The van der Waals surface area contributed by atoms with Crippen LogP contribution in [0.25, 0.3) is 0 Å². The Morgan fingerprint density at radius 2 is 1.55 bits per heavy atom. The standard InChI is InChI=1S/C17H25NO4/c1-5-21-16(19)15(17(20)22-6-2)13(3)12-18(4)14-10-8-7-9-11-14/h7-11,13,15H,5-6,12H2,1-4H3. The van der Waals surface area contributed by atoms with E-state index in [0.29, 0.717) is 6.54 Å². The molecule has 1 rings (SSSR count). The fourth-order valence-electron chi connectivity index (χ4n) is 2.35. The summed E-state index contributed by atoms with van der Waals surface area (Å²) < 4.78 is 10.0. The summed E-state index contributed by atoms with van der Waals surface area (Å²) >= 11 is 0. The number of anilines is 1. The lowest BCUT2D eigenvalue weighted by Crippen LogP contribution is -2.38. The van der Waals surface area contributed by atoms with Gasteiger partial charge in [-0.1, -0.05) is 25.1 Å². The van der Waals surface area contributed by atoms with Gasteiger partial charge in [0, 0.05) is 19.3 Å². The minimum absolute atomic E-state index is 0.219. The molecular formula is C17H25NO4. The highest BCUT2D eigenvalue weighted by molar-refractivity contribution is 5.95.